The Morgan fingerprint density at radius 3 is 2.29 bits per heavy atom. The molecule has 0 aliphatic rings. The molecule has 1 N–H and O–H groups in total. The Labute approximate surface area is 122 Å². The number of hydrogen-bond acceptors (Lipinski definition) is 3. The minimum atomic E-state index is -0.456. The highest BCUT2D eigenvalue weighted by molar-refractivity contribution is 6.03. The van der Waals surface area contributed by atoms with Gasteiger partial charge in [-0.1, -0.05) is 36.4 Å². The van der Waals surface area contributed by atoms with Gasteiger partial charge >= 0.3 is 0 Å². The maximum atomic E-state index is 12.2. The Kier molecular flexibility index (Phi) is 4.46. The summed E-state index contributed by atoms with van der Waals surface area (Å²) in [4.78, 5) is 35.2. The van der Waals surface area contributed by atoms with Gasteiger partial charge in [0.05, 0.1) is 5.56 Å². The van der Waals surface area contributed by atoms with Gasteiger partial charge in [0.25, 0.3) is 11.8 Å². The van der Waals surface area contributed by atoms with E-state index in [0.29, 0.717) is 11.8 Å². The van der Waals surface area contributed by atoms with Gasteiger partial charge in [0.1, 0.15) is 0 Å². The van der Waals surface area contributed by atoms with Gasteiger partial charge in [-0.05, 0) is 18.2 Å². The van der Waals surface area contributed by atoms with E-state index in [-0.39, 0.29) is 11.1 Å². The van der Waals surface area contributed by atoms with Crippen LogP contribution in [-0.2, 0) is 0 Å². The zero-order valence-electron chi connectivity index (χ0n) is 11.4. The van der Waals surface area contributed by atoms with Crippen LogP contribution in [0.1, 0.15) is 31.1 Å². The number of carbonyl (C=O) groups excluding carboxylic acids is 3. The van der Waals surface area contributed by atoms with E-state index in [0.717, 1.165) is 5.01 Å². The number of rotatable bonds is 3. The van der Waals surface area contributed by atoms with Gasteiger partial charge in [0.15, 0.2) is 6.29 Å². The first-order valence-corrected chi connectivity index (χ1v) is 6.32. The lowest BCUT2D eigenvalue weighted by Gasteiger charge is -2.19. The lowest BCUT2D eigenvalue weighted by molar-refractivity contribution is 0.0635. The van der Waals surface area contributed by atoms with Crippen LogP contribution in [0.15, 0.2) is 54.6 Å². The van der Waals surface area contributed by atoms with Crippen molar-refractivity contribution < 1.29 is 14.4 Å². The van der Waals surface area contributed by atoms with Crippen LogP contribution >= 0.6 is 0 Å². The molecule has 0 aliphatic carbocycles. The molecule has 2 aromatic carbocycles. The molecule has 5 nitrogen and oxygen atoms in total. The molecular formula is C16H14N2O3. The van der Waals surface area contributed by atoms with Gasteiger partial charge < -0.3 is 0 Å². The Balaban J connectivity index is 2.13. The molecular weight excluding hydrogens is 268 g/mol. The summed E-state index contributed by atoms with van der Waals surface area (Å²) in [6.45, 7) is 0. The van der Waals surface area contributed by atoms with Crippen LogP contribution in [0, 0.1) is 0 Å². The van der Waals surface area contributed by atoms with Gasteiger partial charge in [0.2, 0.25) is 0 Å². The Bertz CT molecular complexity index is 668. The van der Waals surface area contributed by atoms with Crippen LogP contribution in [-0.4, -0.2) is 30.2 Å². The Morgan fingerprint density at radius 1 is 1.00 bits per heavy atom. The fourth-order valence-corrected chi connectivity index (χ4v) is 1.83. The van der Waals surface area contributed by atoms with Gasteiger partial charge in [-0.3, -0.25) is 24.8 Å². The summed E-state index contributed by atoms with van der Waals surface area (Å²) in [5.41, 5.74) is 3.44. The molecule has 21 heavy (non-hydrogen) atoms. The largest absolute Gasteiger partial charge is 0.298 e. The van der Waals surface area contributed by atoms with E-state index in [1.165, 1.54) is 13.1 Å². The molecule has 0 heterocycles. The number of carbonyl (C=O) groups is 3. The van der Waals surface area contributed by atoms with Crippen molar-refractivity contribution in [3.05, 3.63) is 71.3 Å². The molecule has 0 spiro atoms. The van der Waals surface area contributed by atoms with E-state index in [9.17, 15) is 14.4 Å². The number of hydrazine groups is 1. The number of amides is 2. The molecule has 5 heteroatoms. The molecule has 2 rings (SSSR count). The monoisotopic (exact) mass is 282 g/mol. The van der Waals surface area contributed by atoms with E-state index in [1.54, 1.807) is 48.5 Å². The van der Waals surface area contributed by atoms with Crippen molar-refractivity contribution >= 4 is 18.1 Å². The number of aldehydes is 1. The topological polar surface area (TPSA) is 66.5 Å². The van der Waals surface area contributed by atoms with Crippen LogP contribution in [0.25, 0.3) is 0 Å². The van der Waals surface area contributed by atoms with Crippen LogP contribution in [0.2, 0.25) is 0 Å². The average molecular weight is 282 g/mol. The molecule has 106 valence electrons. The third-order valence-corrected chi connectivity index (χ3v) is 2.93. The van der Waals surface area contributed by atoms with Crippen LogP contribution in [0.5, 0.6) is 0 Å². The van der Waals surface area contributed by atoms with Crippen molar-refractivity contribution in [1.29, 1.82) is 0 Å². The van der Waals surface area contributed by atoms with Gasteiger partial charge in [-0.15, -0.1) is 0 Å². The van der Waals surface area contributed by atoms with Crippen molar-refractivity contribution in [2.75, 3.05) is 7.05 Å². The molecule has 0 unspecified atom stereocenters. The van der Waals surface area contributed by atoms with E-state index in [1.807, 2.05) is 0 Å². The van der Waals surface area contributed by atoms with Gasteiger partial charge in [-0.25, -0.2) is 0 Å². The summed E-state index contributed by atoms with van der Waals surface area (Å²) in [7, 11) is 1.44. The Morgan fingerprint density at radius 2 is 1.62 bits per heavy atom. The highest BCUT2D eigenvalue weighted by atomic mass is 16.2. The summed E-state index contributed by atoms with van der Waals surface area (Å²) < 4.78 is 0. The van der Waals surface area contributed by atoms with Crippen molar-refractivity contribution in [3.8, 4) is 0 Å². The number of nitrogens with one attached hydrogen (secondary N) is 1. The van der Waals surface area contributed by atoms with Crippen molar-refractivity contribution in [3.63, 3.8) is 0 Å². The van der Waals surface area contributed by atoms with Crippen molar-refractivity contribution in [1.82, 2.24) is 10.4 Å². The number of hydrogen-bond donors (Lipinski definition) is 1. The van der Waals surface area contributed by atoms with Crippen LogP contribution in [0.3, 0.4) is 0 Å². The van der Waals surface area contributed by atoms with E-state index in [2.05, 4.69) is 5.43 Å². The van der Waals surface area contributed by atoms with Crippen LogP contribution in [0.4, 0.5) is 0 Å². The zero-order chi connectivity index (χ0) is 15.2. The lowest BCUT2D eigenvalue weighted by atomic mass is 10.1. The van der Waals surface area contributed by atoms with Gasteiger partial charge in [-0.2, -0.15) is 0 Å². The molecule has 2 amide bonds. The molecule has 0 aliphatic heterocycles. The zero-order valence-corrected chi connectivity index (χ0v) is 11.4. The van der Waals surface area contributed by atoms with Crippen molar-refractivity contribution in [2.24, 2.45) is 0 Å². The first-order chi connectivity index (χ1) is 10.1. The summed E-state index contributed by atoms with van der Waals surface area (Å²) >= 11 is 0. The summed E-state index contributed by atoms with van der Waals surface area (Å²) in [6.07, 6.45) is 0.611. The van der Waals surface area contributed by atoms with E-state index in [4.69, 9.17) is 0 Å². The predicted molar refractivity (Wildman–Crippen MR) is 77.8 cm³/mol. The first-order valence-electron chi connectivity index (χ1n) is 6.32. The highest BCUT2D eigenvalue weighted by Gasteiger charge is 2.17. The standard InChI is InChI=1S/C16H14N2O3/c1-18(17-15(20)12-7-3-2-4-8-12)16(21)14-10-6-5-9-13(14)11-19/h2-11H,1H3,(H,17,20). The van der Waals surface area contributed by atoms with Gasteiger partial charge in [0, 0.05) is 18.2 Å². The average Bonchev–Trinajstić information content (AvgIpc) is 2.54. The third kappa shape index (κ3) is 3.33. The maximum Gasteiger partial charge on any atom is 0.272 e. The fraction of sp³-hybridized carbons (Fsp3) is 0.0625. The molecule has 0 atom stereocenters. The highest BCUT2D eigenvalue weighted by Crippen LogP contribution is 2.08. The van der Waals surface area contributed by atoms with Crippen LogP contribution < -0.4 is 5.43 Å². The second-order valence-electron chi connectivity index (χ2n) is 4.38. The van der Waals surface area contributed by atoms with E-state index >= 15 is 0 Å². The second-order valence-corrected chi connectivity index (χ2v) is 4.38. The predicted octanol–water partition coefficient (Wildman–Crippen LogP) is 1.92. The molecule has 0 saturated carbocycles. The maximum absolute atomic E-state index is 12.2. The number of nitrogens with zero attached hydrogens (tertiary/aromatic N) is 1. The SMILES string of the molecule is CN(NC(=O)c1ccccc1)C(=O)c1ccccc1C=O. The minimum absolute atomic E-state index is 0.239. The molecule has 0 aromatic heterocycles. The molecule has 0 radical (unpaired) electrons. The molecule has 2 aromatic rings. The summed E-state index contributed by atoms with van der Waals surface area (Å²) in [6, 6.07) is 15.0. The van der Waals surface area contributed by atoms with E-state index < -0.39 is 11.8 Å². The molecule has 0 bridgehead atoms. The summed E-state index contributed by atoms with van der Waals surface area (Å²) in [5, 5.41) is 1.07. The Hall–Kier alpha value is -2.95. The lowest BCUT2D eigenvalue weighted by Crippen LogP contribution is -2.43. The second kappa shape index (κ2) is 6.47. The quantitative estimate of drug-likeness (QED) is 0.691. The molecule has 0 saturated heterocycles. The fourth-order valence-electron chi connectivity index (χ4n) is 1.83. The first kappa shape index (κ1) is 14.5. The molecule has 0 fully saturated rings. The smallest absolute Gasteiger partial charge is 0.272 e. The third-order valence-electron chi connectivity index (χ3n) is 2.93. The van der Waals surface area contributed by atoms with Crippen molar-refractivity contribution in [2.45, 2.75) is 0 Å². The summed E-state index contributed by atoms with van der Waals surface area (Å²) in [5.74, 6) is -0.850. The number of benzene rings is 2. The normalized spacial score (nSPS) is 9.76. The minimum Gasteiger partial charge on any atom is -0.298 e.